The van der Waals surface area contributed by atoms with Gasteiger partial charge >= 0.3 is 23.5 Å². The average Bonchev–Trinajstić information content (AvgIpc) is 3.40. The number of rotatable bonds is 6. The highest BCUT2D eigenvalue weighted by atomic mass is 19.4. The zero-order chi connectivity index (χ0) is 24.8. The Morgan fingerprint density at radius 3 is 2.29 bits per heavy atom. The van der Waals surface area contributed by atoms with Crippen molar-refractivity contribution >= 4 is 28.7 Å². The second-order valence-electron chi connectivity index (χ2n) is 7.01. The van der Waals surface area contributed by atoms with Crippen LogP contribution in [0.15, 0.2) is 23.6 Å². The van der Waals surface area contributed by atoms with Gasteiger partial charge in [-0.05, 0) is 4.92 Å². The van der Waals surface area contributed by atoms with E-state index in [-0.39, 0.29) is 30.9 Å². The topological polar surface area (TPSA) is 203 Å². The fraction of sp³-hybridized carbons (Fsp3) is 0.400. The van der Waals surface area contributed by atoms with Crippen LogP contribution in [0, 0.1) is 30.3 Å². The van der Waals surface area contributed by atoms with E-state index in [0.717, 1.165) is 11.0 Å². The third kappa shape index (κ3) is 4.20. The SMILES string of the molecule is O=[N+]([O-])c1ncn([C@@H]2CC(=NNc3c([N+](=O)[O-])cc(C(F)(F)F)cc3[N+](=O)[O-])[C@H]3OC[C@H]2O3)n1. The van der Waals surface area contributed by atoms with Crippen LogP contribution in [0.25, 0.3) is 0 Å². The number of nitrogens with one attached hydrogen (secondary N) is 1. The van der Waals surface area contributed by atoms with E-state index in [1.807, 2.05) is 0 Å². The molecule has 0 spiro atoms. The monoisotopic (exact) mass is 488 g/mol. The molecule has 2 bridgehead atoms. The third-order valence-electron chi connectivity index (χ3n) is 4.96. The molecule has 2 aliphatic rings. The normalized spacial score (nSPS) is 23.1. The quantitative estimate of drug-likeness (QED) is 0.461. The molecule has 180 valence electrons. The van der Waals surface area contributed by atoms with Crippen LogP contribution in [0.5, 0.6) is 0 Å². The van der Waals surface area contributed by atoms with Crippen molar-refractivity contribution in [3.8, 4) is 0 Å². The minimum Gasteiger partial charge on any atom is -0.390 e. The molecule has 3 atom stereocenters. The van der Waals surface area contributed by atoms with E-state index in [2.05, 4.69) is 20.6 Å². The summed E-state index contributed by atoms with van der Waals surface area (Å²) in [6.07, 6.45) is -5.66. The van der Waals surface area contributed by atoms with Crippen molar-refractivity contribution in [3.63, 3.8) is 0 Å². The Bertz CT molecular complexity index is 1180. The van der Waals surface area contributed by atoms with Crippen molar-refractivity contribution < 1.29 is 37.4 Å². The number of benzene rings is 1. The summed E-state index contributed by atoms with van der Waals surface area (Å²) in [5.74, 6) is -0.673. The lowest BCUT2D eigenvalue weighted by molar-refractivity contribution is -0.394. The van der Waals surface area contributed by atoms with Gasteiger partial charge in [-0.2, -0.15) is 23.0 Å². The molecule has 0 radical (unpaired) electrons. The van der Waals surface area contributed by atoms with Crippen molar-refractivity contribution in [2.75, 3.05) is 12.0 Å². The number of halogens is 3. The molecule has 0 saturated carbocycles. The third-order valence-corrected chi connectivity index (χ3v) is 4.96. The molecule has 3 heterocycles. The van der Waals surface area contributed by atoms with Gasteiger partial charge in [-0.15, -0.1) is 0 Å². The van der Waals surface area contributed by atoms with Crippen LogP contribution < -0.4 is 5.43 Å². The van der Waals surface area contributed by atoms with Gasteiger partial charge in [-0.1, -0.05) is 4.98 Å². The maximum Gasteiger partial charge on any atom is 0.490 e. The van der Waals surface area contributed by atoms with Crippen molar-refractivity contribution in [2.24, 2.45) is 5.10 Å². The smallest absolute Gasteiger partial charge is 0.390 e. The van der Waals surface area contributed by atoms with Gasteiger partial charge in [0.15, 0.2) is 6.29 Å². The second-order valence-corrected chi connectivity index (χ2v) is 7.01. The van der Waals surface area contributed by atoms with Crippen molar-refractivity contribution in [3.05, 3.63) is 54.4 Å². The Morgan fingerprint density at radius 2 is 1.76 bits per heavy atom. The molecule has 16 nitrogen and oxygen atoms in total. The van der Waals surface area contributed by atoms with Gasteiger partial charge in [-0.25, -0.2) is 0 Å². The van der Waals surface area contributed by atoms with E-state index < -0.39 is 68.0 Å². The molecule has 34 heavy (non-hydrogen) atoms. The molecule has 4 rings (SSSR count). The van der Waals surface area contributed by atoms with Crippen LogP contribution in [-0.2, 0) is 15.7 Å². The maximum absolute atomic E-state index is 13.1. The standard InChI is InChI=1S/C15H11F3N8O8/c16-15(17,18)6-1-9(24(27)28)12(10(2-6)25(29)30)21-20-7-3-8(11-4-33-13(7)34-11)23-5-19-14(22-23)26(31)32/h1-2,5,8,11,13,21H,3-4H2/t8-,11-,13+/m1/s1. The number of ether oxygens (including phenoxy) is 2. The van der Waals surface area contributed by atoms with Crippen LogP contribution in [0.4, 0.5) is 36.2 Å². The Kier molecular flexibility index (Phi) is 5.57. The zero-order valence-electron chi connectivity index (χ0n) is 16.4. The summed E-state index contributed by atoms with van der Waals surface area (Å²) in [6, 6.07) is -0.406. The zero-order valence-corrected chi connectivity index (χ0v) is 16.4. The lowest BCUT2D eigenvalue weighted by Crippen LogP contribution is -2.37. The van der Waals surface area contributed by atoms with E-state index in [1.165, 1.54) is 0 Å². The minimum absolute atomic E-state index is 0.0227. The maximum atomic E-state index is 13.1. The van der Waals surface area contributed by atoms with Gasteiger partial charge < -0.3 is 19.6 Å². The Morgan fingerprint density at radius 1 is 1.12 bits per heavy atom. The molecular formula is C15H11F3N8O8. The van der Waals surface area contributed by atoms with E-state index in [1.54, 1.807) is 0 Å². The lowest BCUT2D eigenvalue weighted by atomic mass is 10.0. The summed E-state index contributed by atoms with van der Waals surface area (Å²) >= 11 is 0. The Balaban J connectivity index is 1.69. The van der Waals surface area contributed by atoms with E-state index in [9.17, 15) is 43.5 Å². The van der Waals surface area contributed by atoms with E-state index >= 15 is 0 Å². The Labute approximate surface area is 184 Å². The summed E-state index contributed by atoms with van der Waals surface area (Å²) in [7, 11) is 0. The van der Waals surface area contributed by atoms with E-state index in [0.29, 0.717) is 0 Å². The number of alkyl halides is 3. The first kappa shape index (κ1) is 22.9. The van der Waals surface area contributed by atoms with Gasteiger partial charge in [0.2, 0.25) is 12.0 Å². The number of aromatic nitrogens is 3. The summed E-state index contributed by atoms with van der Waals surface area (Å²) in [5.41, 5.74) is -2.80. The highest BCUT2D eigenvalue weighted by Crippen LogP contribution is 2.41. The number of nitrogens with zero attached hydrogens (tertiary/aromatic N) is 7. The number of fused-ring (bicyclic) bond motifs is 2. The summed E-state index contributed by atoms with van der Waals surface area (Å²) in [4.78, 5) is 33.8. The average molecular weight is 488 g/mol. The molecule has 1 aromatic carbocycles. The molecule has 2 aliphatic heterocycles. The van der Waals surface area contributed by atoms with Crippen molar-refractivity contribution in [1.82, 2.24) is 14.8 Å². The number of hydrazone groups is 1. The van der Waals surface area contributed by atoms with Gasteiger partial charge in [-0.3, -0.25) is 25.7 Å². The largest absolute Gasteiger partial charge is 0.490 e. The number of hydrogen-bond donors (Lipinski definition) is 1. The second kappa shape index (κ2) is 8.26. The fourth-order valence-corrected chi connectivity index (χ4v) is 3.42. The van der Waals surface area contributed by atoms with Crippen LogP contribution in [0.1, 0.15) is 18.0 Å². The molecular weight excluding hydrogens is 477 g/mol. The van der Waals surface area contributed by atoms with Crippen molar-refractivity contribution in [1.29, 1.82) is 0 Å². The molecule has 2 fully saturated rings. The molecule has 1 aromatic heterocycles. The van der Waals surface area contributed by atoms with Crippen LogP contribution >= 0.6 is 0 Å². The highest BCUT2D eigenvalue weighted by molar-refractivity contribution is 5.90. The molecule has 0 aliphatic carbocycles. The van der Waals surface area contributed by atoms with Crippen molar-refractivity contribution in [2.45, 2.75) is 31.0 Å². The molecule has 0 amide bonds. The Hall–Kier alpha value is -4.26. The predicted molar refractivity (Wildman–Crippen MR) is 101 cm³/mol. The highest BCUT2D eigenvalue weighted by Gasteiger charge is 2.45. The molecule has 2 saturated heterocycles. The number of hydrogen-bond acceptors (Lipinski definition) is 12. The fourth-order valence-electron chi connectivity index (χ4n) is 3.42. The summed E-state index contributed by atoms with van der Waals surface area (Å²) in [5, 5.41) is 41.1. The first-order chi connectivity index (χ1) is 16.0. The minimum atomic E-state index is -5.07. The summed E-state index contributed by atoms with van der Waals surface area (Å²) in [6.45, 7) is 0.0303. The summed E-state index contributed by atoms with van der Waals surface area (Å²) < 4.78 is 51.3. The van der Waals surface area contributed by atoms with Gasteiger partial charge in [0.1, 0.15) is 12.1 Å². The predicted octanol–water partition coefficient (Wildman–Crippen LogP) is 2.18. The molecule has 0 unspecified atom stereocenters. The first-order valence-electron chi connectivity index (χ1n) is 9.14. The van der Waals surface area contributed by atoms with Gasteiger partial charge in [0, 0.05) is 23.7 Å². The van der Waals surface area contributed by atoms with Gasteiger partial charge in [0.25, 0.3) is 0 Å². The lowest BCUT2D eigenvalue weighted by Gasteiger charge is -2.26. The molecule has 19 heteroatoms. The number of nitro benzene ring substituents is 2. The van der Waals surface area contributed by atoms with Crippen LogP contribution in [-0.4, -0.2) is 54.2 Å². The molecule has 1 N–H and O–H groups in total. The van der Waals surface area contributed by atoms with Gasteiger partial charge in [0.05, 0.1) is 27.7 Å². The van der Waals surface area contributed by atoms with Crippen LogP contribution in [0.3, 0.4) is 0 Å². The number of nitro groups is 3. The molecule has 2 aromatic rings. The first-order valence-corrected chi connectivity index (χ1v) is 9.14. The van der Waals surface area contributed by atoms with E-state index in [4.69, 9.17) is 9.47 Å². The van der Waals surface area contributed by atoms with Crippen LogP contribution in [0.2, 0.25) is 0 Å². The number of anilines is 1.